The molecule has 1 rings (SSSR count). The molecule has 0 aromatic carbocycles. The lowest BCUT2D eigenvalue weighted by atomic mass is 10.0. The van der Waals surface area contributed by atoms with Crippen molar-refractivity contribution in [3.63, 3.8) is 0 Å². The highest BCUT2D eigenvalue weighted by Crippen LogP contribution is 2.25. The van der Waals surface area contributed by atoms with E-state index in [0.29, 0.717) is 12.8 Å². The molecule has 1 N–H and O–H groups in total. The van der Waals surface area contributed by atoms with E-state index in [2.05, 4.69) is 13.8 Å². The predicted molar refractivity (Wildman–Crippen MR) is 187 cm³/mol. The molecule has 0 aliphatic carbocycles. The van der Waals surface area contributed by atoms with E-state index < -0.39 is 24.1 Å². The van der Waals surface area contributed by atoms with Gasteiger partial charge in [-0.25, -0.2) is 4.79 Å². The average molecular weight is 651 g/mol. The molecular weight excluding hydrogens is 580 g/mol. The quantitative estimate of drug-likeness (QED) is 0.0439. The summed E-state index contributed by atoms with van der Waals surface area (Å²) in [5, 5.41) is 10.4. The van der Waals surface area contributed by atoms with Crippen LogP contribution in [-0.2, 0) is 28.6 Å². The fraction of sp³-hybridized carbons (Fsp3) is 0.872. The Morgan fingerprint density at radius 2 is 0.957 bits per heavy atom. The number of carbonyl (C=O) groups is 3. The fourth-order valence-corrected chi connectivity index (χ4v) is 6.06. The summed E-state index contributed by atoms with van der Waals surface area (Å²) in [7, 11) is 0. The number of rotatable bonds is 32. The summed E-state index contributed by atoms with van der Waals surface area (Å²) in [5.74, 6) is -1.73. The van der Waals surface area contributed by atoms with Gasteiger partial charge in [0.2, 0.25) is 0 Å². The number of hydrogen-bond donors (Lipinski definition) is 1. The summed E-state index contributed by atoms with van der Waals surface area (Å²) in [6.45, 7) is 5.71. The van der Waals surface area contributed by atoms with Gasteiger partial charge in [0.15, 0.2) is 12.2 Å². The minimum atomic E-state index is -1.15. The van der Waals surface area contributed by atoms with Crippen molar-refractivity contribution in [3.05, 3.63) is 11.3 Å². The normalized spacial score (nSPS) is 15.3. The van der Waals surface area contributed by atoms with Crippen molar-refractivity contribution in [1.82, 2.24) is 0 Å². The molecule has 268 valence electrons. The molecule has 1 aliphatic rings. The van der Waals surface area contributed by atoms with E-state index in [1.54, 1.807) is 0 Å². The van der Waals surface area contributed by atoms with Gasteiger partial charge in [-0.1, -0.05) is 168 Å². The predicted octanol–water partition coefficient (Wildman–Crippen LogP) is 11.2. The Morgan fingerprint density at radius 3 is 1.30 bits per heavy atom. The molecule has 0 spiro atoms. The van der Waals surface area contributed by atoms with Gasteiger partial charge < -0.3 is 19.3 Å². The van der Waals surface area contributed by atoms with Gasteiger partial charge in [0.25, 0.3) is 0 Å². The van der Waals surface area contributed by atoms with Crippen LogP contribution in [0.5, 0.6) is 0 Å². The number of cyclic esters (lactones) is 1. The van der Waals surface area contributed by atoms with Crippen molar-refractivity contribution in [2.45, 2.75) is 213 Å². The first-order chi connectivity index (χ1) is 22.4. The van der Waals surface area contributed by atoms with Crippen LogP contribution >= 0.6 is 0 Å². The Labute approximate surface area is 282 Å². The number of carbonyl (C=O) groups excluding carboxylic acids is 3. The number of aliphatic hydroxyl groups is 1. The minimum absolute atomic E-state index is 0.0841. The van der Waals surface area contributed by atoms with Crippen LogP contribution in [0.4, 0.5) is 0 Å². The molecule has 0 unspecified atom stereocenters. The number of esters is 3. The van der Waals surface area contributed by atoms with Crippen molar-refractivity contribution in [2.75, 3.05) is 6.61 Å². The monoisotopic (exact) mass is 651 g/mol. The van der Waals surface area contributed by atoms with E-state index in [-0.39, 0.29) is 30.3 Å². The van der Waals surface area contributed by atoms with Gasteiger partial charge in [-0.2, -0.15) is 0 Å². The van der Waals surface area contributed by atoms with Crippen LogP contribution in [-0.4, -0.2) is 41.8 Å². The van der Waals surface area contributed by atoms with E-state index in [0.717, 1.165) is 32.1 Å². The van der Waals surface area contributed by atoms with Gasteiger partial charge in [-0.15, -0.1) is 0 Å². The molecule has 0 saturated heterocycles. The van der Waals surface area contributed by atoms with Crippen molar-refractivity contribution in [1.29, 1.82) is 0 Å². The molecule has 0 aromatic heterocycles. The van der Waals surface area contributed by atoms with Crippen LogP contribution in [0, 0.1) is 0 Å². The highest BCUT2D eigenvalue weighted by atomic mass is 16.6. The zero-order valence-electron chi connectivity index (χ0n) is 30.1. The maximum absolute atomic E-state index is 12.6. The van der Waals surface area contributed by atoms with E-state index in [1.807, 2.05) is 0 Å². The second-order valence-electron chi connectivity index (χ2n) is 13.5. The Hall–Kier alpha value is -2.05. The Kier molecular flexibility index (Phi) is 26.6. The number of hydrogen-bond acceptors (Lipinski definition) is 7. The molecule has 1 aliphatic heterocycles. The molecule has 0 amide bonds. The van der Waals surface area contributed by atoms with E-state index in [1.165, 1.54) is 135 Å². The van der Waals surface area contributed by atoms with Gasteiger partial charge >= 0.3 is 17.9 Å². The third-order valence-corrected chi connectivity index (χ3v) is 9.19. The third-order valence-electron chi connectivity index (χ3n) is 9.19. The second kappa shape index (κ2) is 29.1. The Bertz CT molecular complexity index is 821. The van der Waals surface area contributed by atoms with E-state index in [9.17, 15) is 19.5 Å². The highest BCUT2D eigenvalue weighted by molar-refractivity contribution is 5.91. The Morgan fingerprint density at radius 1 is 0.609 bits per heavy atom. The van der Waals surface area contributed by atoms with Crippen LogP contribution in [0.1, 0.15) is 201 Å². The van der Waals surface area contributed by atoms with Crippen LogP contribution in [0.15, 0.2) is 11.3 Å². The zero-order valence-corrected chi connectivity index (χ0v) is 30.1. The molecule has 7 heteroatoms. The maximum atomic E-state index is 12.6. The average Bonchev–Trinajstić information content (AvgIpc) is 3.30. The first kappa shape index (κ1) is 42.0. The van der Waals surface area contributed by atoms with Gasteiger partial charge in [-0.3, -0.25) is 9.59 Å². The maximum Gasteiger partial charge on any atom is 0.338 e. The molecule has 0 radical (unpaired) electrons. The lowest BCUT2D eigenvalue weighted by Gasteiger charge is -2.23. The van der Waals surface area contributed by atoms with Gasteiger partial charge in [0.05, 0.1) is 5.57 Å². The molecular formula is C39H70O7. The molecule has 46 heavy (non-hydrogen) atoms. The number of aliphatic hydroxyl groups excluding tert-OH is 1. The smallest absolute Gasteiger partial charge is 0.338 e. The molecule has 0 aromatic rings. The van der Waals surface area contributed by atoms with Gasteiger partial charge in [0.1, 0.15) is 12.4 Å². The highest BCUT2D eigenvalue weighted by Gasteiger charge is 2.40. The van der Waals surface area contributed by atoms with Crippen molar-refractivity contribution < 1.29 is 33.7 Å². The van der Waals surface area contributed by atoms with Gasteiger partial charge in [-0.05, 0) is 19.8 Å². The summed E-state index contributed by atoms with van der Waals surface area (Å²) in [4.78, 5) is 37.1. The van der Waals surface area contributed by atoms with E-state index >= 15 is 0 Å². The minimum Gasteiger partial charge on any atom is -0.508 e. The fourth-order valence-electron chi connectivity index (χ4n) is 6.06. The molecule has 7 nitrogen and oxygen atoms in total. The Balaban J connectivity index is 2.22. The first-order valence-corrected chi connectivity index (χ1v) is 19.4. The third kappa shape index (κ3) is 21.7. The van der Waals surface area contributed by atoms with Crippen LogP contribution in [0.25, 0.3) is 0 Å². The van der Waals surface area contributed by atoms with Crippen molar-refractivity contribution in [2.24, 2.45) is 0 Å². The molecule has 0 bridgehead atoms. The van der Waals surface area contributed by atoms with Crippen molar-refractivity contribution >= 4 is 17.9 Å². The molecule has 0 saturated carbocycles. The largest absolute Gasteiger partial charge is 0.508 e. The summed E-state index contributed by atoms with van der Waals surface area (Å²) >= 11 is 0. The number of ether oxygens (including phenoxy) is 3. The summed E-state index contributed by atoms with van der Waals surface area (Å²) in [6, 6.07) is 0. The van der Waals surface area contributed by atoms with Gasteiger partial charge in [0, 0.05) is 12.8 Å². The van der Waals surface area contributed by atoms with Crippen LogP contribution < -0.4 is 0 Å². The van der Waals surface area contributed by atoms with Crippen molar-refractivity contribution in [3.8, 4) is 0 Å². The first-order valence-electron chi connectivity index (χ1n) is 19.4. The molecule has 2 atom stereocenters. The number of unbranched alkanes of at least 4 members (excludes halogenated alkanes) is 24. The summed E-state index contributed by atoms with van der Waals surface area (Å²) < 4.78 is 16.3. The van der Waals surface area contributed by atoms with Crippen LogP contribution in [0.2, 0.25) is 0 Å². The SMILES string of the molecule is CCCCCCCCCCCCCCCC(=O)OC[C@H](OC(=O)CCCCCCCCCCCCCCC)[C@H]1OC(=O)C(C)=C1O. The second-order valence-corrected chi connectivity index (χ2v) is 13.5. The van der Waals surface area contributed by atoms with E-state index in [4.69, 9.17) is 14.2 Å². The molecule has 0 fully saturated rings. The lowest BCUT2D eigenvalue weighted by molar-refractivity contribution is -0.170. The lowest BCUT2D eigenvalue weighted by Crippen LogP contribution is -2.38. The standard InChI is InChI=1S/C39H70O7/c1-4-6-8-10-12-14-16-18-20-22-24-26-28-30-35(40)44-32-34(38-37(42)33(3)39(43)46-38)45-36(41)31-29-27-25-23-21-19-17-15-13-11-9-7-5-2/h34,38,42H,4-32H2,1-3H3/t34-,38+/m0/s1. The summed E-state index contributed by atoms with van der Waals surface area (Å²) in [5.41, 5.74) is 0.0841. The summed E-state index contributed by atoms with van der Waals surface area (Å²) in [6.07, 6.45) is 30.2. The van der Waals surface area contributed by atoms with Crippen LogP contribution in [0.3, 0.4) is 0 Å². The molecule has 1 heterocycles. The topological polar surface area (TPSA) is 99.1 Å². The zero-order chi connectivity index (χ0) is 33.7.